The van der Waals surface area contributed by atoms with Crippen LogP contribution in [0.15, 0.2) is 58.4 Å². The largest absolute Gasteiger partial charge is 0.493 e. The molecule has 0 aliphatic rings. The van der Waals surface area contributed by atoms with E-state index in [-0.39, 0.29) is 18.4 Å². The van der Waals surface area contributed by atoms with Crippen LogP contribution in [-0.2, 0) is 11.2 Å². The molecule has 2 aromatic carbocycles. The smallest absolute Gasteiger partial charge is 0.226 e. The van der Waals surface area contributed by atoms with Crippen LogP contribution < -0.4 is 10.1 Å². The normalized spacial score (nSPS) is 11.8. The van der Waals surface area contributed by atoms with E-state index in [0.717, 1.165) is 32.1 Å². The van der Waals surface area contributed by atoms with E-state index >= 15 is 0 Å². The zero-order valence-electron chi connectivity index (χ0n) is 15.2. The Morgan fingerprint density at radius 1 is 1.22 bits per heavy atom. The molecule has 140 valence electrons. The molecule has 0 spiro atoms. The molecule has 0 aliphatic heterocycles. The van der Waals surface area contributed by atoms with Crippen LogP contribution in [0.2, 0.25) is 0 Å². The highest BCUT2D eigenvalue weighted by Crippen LogP contribution is 2.32. The van der Waals surface area contributed by atoms with Gasteiger partial charge in [-0.1, -0.05) is 46.3 Å². The van der Waals surface area contributed by atoms with Gasteiger partial charge in [-0.05, 0) is 37.6 Å². The van der Waals surface area contributed by atoms with Crippen molar-refractivity contribution >= 4 is 33.2 Å². The molecule has 1 N–H and O–H groups in total. The number of hydrogen-bond donors (Lipinski definition) is 1. The topological polar surface area (TPSA) is 51.2 Å². The summed E-state index contributed by atoms with van der Waals surface area (Å²) in [5, 5.41) is 5.83. The molecule has 3 rings (SSSR count). The van der Waals surface area contributed by atoms with E-state index in [1.807, 2.05) is 67.8 Å². The molecule has 0 fully saturated rings. The second kappa shape index (κ2) is 9.15. The third kappa shape index (κ3) is 4.96. The number of nitrogens with one attached hydrogen (secondary N) is 1. The minimum Gasteiger partial charge on any atom is -0.493 e. The number of nitrogens with zero attached hydrogens (tertiary/aromatic N) is 1. The van der Waals surface area contributed by atoms with Gasteiger partial charge in [-0.25, -0.2) is 4.98 Å². The number of halogens is 1. The molecule has 0 aliphatic carbocycles. The minimum atomic E-state index is -0.0788. The maximum atomic E-state index is 12.4. The number of carbonyl (C=O) groups is 1. The number of carbonyl (C=O) groups excluding carboxylic acids is 1. The average Bonchev–Trinajstić information content (AvgIpc) is 3.10. The van der Waals surface area contributed by atoms with Crippen LogP contribution in [0, 0.1) is 0 Å². The second-order valence-electron chi connectivity index (χ2n) is 6.06. The van der Waals surface area contributed by atoms with E-state index in [2.05, 4.69) is 26.2 Å². The van der Waals surface area contributed by atoms with Gasteiger partial charge in [-0.2, -0.15) is 0 Å². The first-order valence-corrected chi connectivity index (χ1v) is 10.5. The van der Waals surface area contributed by atoms with Crippen LogP contribution in [0.5, 0.6) is 5.75 Å². The zero-order chi connectivity index (χ0) is 19.2. The van der Waals surface area contributed by atoms with E-state index < -0.39 is 0 Å². The molecule has 0 saturated heterocycles. The van der Waals surface area contributed by atoms with Gasteiger partial charge in [0.1, 0.15) is 10.8 Å². The maximum absolute atomic E-state index is 12.4. The summed E-state index contributed by atoms with van der Waals surface area (Å²) in [5.41, 5.74) is 2.77. The lowest BCUT2D eigenvalue weighted by molar-refractivity contribution is -0.121. The zero-order valence-corrected chi connectivity index (χ0v) is 17.6. The lowest BCUT2D eigenvalue weighted by Crippen LogP contribution is -2.28. The van der Waals surface area contributed by atoms with Gasteiger partial charge in [0, 0.05) is 9.85 Å². The molecule has 4 nitrogen and oxygen atoms in total. The number of benzene rings is 2. The van der Waals surface area contributed by atoms with Gasteiger partial charge in [0.05, 0.1) is 30.3 Å². The van der Waals surface area contributed by atoms with Crippen molar-refractivity contribution in [2.24, 2.45) is 0 Å². The van der Waals surface area contributed by atoms with Crippen molar-refractivity contribution in [3.8, 4) is 16.3 Å². The third-order valence-corrected chi connectivity index (χ3v) is 5.71. The predicted molar refractivity (Wildman–Crippen MR) is 113 cm³/mol. The molecule has 3 aromatic rings. The molecule has 1 unspecified atom stereocenters. The standard InChI is InChI=1S/C21H21BrN2O2S/c1-3-26-19-11-7-5-9-17(19)21-24-15(13-27-21)12-20(25)23-14(2)16-8-4-6-10-18(16)22/h4-11,13-14H,3,12H2,1-2H3,(H,23,25). The number of aromatic nitrogens is 1. The summed E-state index contributed by atoms with van der Waals surface area (Å²) in [6.07, 6.45) is 0.252. The minimum absolute atomic E-state index is 0.0480. The lowest BCUT2D eigenvalue weighted by Gasteiger charge is -2.15. The van der Waals surface area contributed by atoms with Crippen LogP contribution in [0.1, 0.15) is 31.1 Å². The highest BCUT2D eigenvalue weighted by molar-refractivity contribution is 9.10. The Morgan fingerprint density at radius 2 is 1.96 bits per heavy atom. The van der Waals surface area contributed by atoms with Crippen LogP contribution >= 0.6 is 27.3 Å². The van der Waals surface area contributed by atoms with Gasteiger partial charge < -0.3 is 10.1 Å². The summed E-state index contributed by atoms with van der Waals surface area (Å²) < 4.78 is 6.66. The molecule has 0 bridgehead atoms. The highest BCUT2D eigenvalue weighted by Gasteiger charge is 2.15. The van der Waals surface area contributed by atoms with Crippen molar-refractivity contribution < 1.29 is 9.53 Å². The quantitative estimate of drug-likeness (QED) is 0.531. The first-order chi connectivity index (χ1) is 13.1. The number of rotatable bonds is 7. The number of hydrogen-bond acceptors (Lipinski definition) is 4. The molecule has 1 atom stereocenters. The van der Waals surface area contributed by atoms with Crippen LogP contribution in [0.25, 0.3) is 10.6 Å². The van der Waals surface area contributed by atoms with Crippen molar-refractivity contribution in [2.45, 2.75) is 26.3 Å². The molecular formula is C21H21BrN2O2S. The lowest BCUT2D eigenvalue weighted by atomic mass is 10.1. The summed E-state index contributed by atoms with van der Waals surface area (Å²) in [6, 6.07) is 15.6. The maximum Gasteiger partial charge on any atom is 0.226 e. The number of thiazole rings is 1. The number of ether oxygens (including phenoxy) is 1. The Hall–Kier alpha value is -2.18. The molecule has 1 heterocycles. The van der Waals surface area contributed by atoms with E-state index in [1.165, 1.54) is 11.3 Å². The first kappa shape index (κ1) is 19.6. The molecule has 0 saturated carbocycles. The SMILES string of the molecule is CCOc1ccccc1-c1nc(CC(=O)NC(C)c2ccccc2Br)cs1. The number of para-hydroxylation sites is 1. The van der Waals surface area contributed by atoms with Gasteiger partial charge in [0.2, 0.25) is 5.91 Å². The van der Waals surface area contributed by atoms with E-state index in [9.17, 15) is 4.79 Å². The van der Waals surface area contributed by atoms with Crippen molar-refractivity contribution in [3.05, 3.63) is 69.6 Å². The summed E-state index contributed by atoms with van der Waals surface area (Å²) >= 11 is 5.05. The summed E-state index contributed by atoms with van der Waals surface area (Å²) in [6.45, 7) is 4.54. The van der Waals surface area contributed by atoms with Crippen LogP contribution in [0.4, 0.5) is 0 Å². The van der Waals surface area contributed by atoms with E-state index in [4.69, 9.17) is 4.74 Å². The Morgan fingerprint density at radius 3 is 2.74 bits per heavy atom. The summed E-state index contributed by atoms with van der Waals surface area (Å²) in [4.78, 5) is 17.1. The second-order valence-corrected chi connectivity index (χ2v) is 7.77. The fourth-order valence-corrected chi connectivity index (χ4v) is 4.28. The molecule has 1 aromatic heterocycles. The highest BCUT2D eigenvalue weighted by atomic mass is 79.9. The summed E-state index contributed by atoms with van der Waals surface area (Å²) in [5.74, 6) is 0.765. The van der Waals surface area contributed by atoms with Crippen LogP contribution in [-0.4, -0.2) is 17.5 Å². The fraction of sp³-hybridized carbons (Fsp3) is 0.238. The first-order valence-electron chi connectivity index (χ1n) is 8.79. The molecule has 6 heteroatoms. The van der Waals surface area contributed by atoms with E-state index in [1.54, 1.807) is 0 Å². The Bertz CT molecular complexity index is 926. The van der Waals surface area contributed by atoms with Gasteiger partial charge in [0.15, 0.2) is 0 Å². The van der Waals surface area contributed by atoms with Crippen molar-refractivity contribution in [1.82, 2.24) is 10.3 Å². The molecule has 1 amide bonds. The molecule has 0 radical (unpaired) electrons. The average molecular weight is 445 g/mol. The number of amides is 1. The molecule has 27 heavy (non-hydrogen) atoms. The van der Waals surface area contributed by atoms with Gasteiger partial charge in [-0.15, -0.1) is 11.3 Å². The van der Waals surface area contributed by atoms with Gasteiger partial charge in [-0.3, -0.25) is 4.79 Å². The third-order valence-electron chi connectivity index (χ3n) is 4.06. The van der Waals surface area contributed by atoms with Crippen molar-refractivity contribution in [2.75, 3.05) is 6.61 Å². The fourth-order valence-electron chi connectivity index (χ4n) is 2.80. The Kier molecular flexibility index (Phi) is 6.63. The van der Waals surface area contributed by atoms with Gasteiger partial charge >= 0.3 is 0 Å². The van der Waals surface area contributed by atoms with Gasteiger partial charge in [0.25, 0.3) is 0 Å². The summed E-state index contributed by atoms with van der Waals surface area (Å²) in [7, 11) is 0. The Labute approximate surface area is 171 Å². The van der Waals surface area contributed by atoms with Crippen molar-refractivity contribution in [1.29, 1.82) is 0 Å². The predicted octanol–water partition coefficient (Wildman–Crippen LogP) is 5.39. The van der Waals surface area contributed by atoms with Crippen molar-refractivity contribution in [3.63, 3.8) is 0 Å². The monoisotopic (exact) mass is 444 g/mol. The molecular weight excluding hydrogens is 424 g/mol. The van der Waals surface area contributed by atoms with Crippen LogP contribution in [0.3, 0.4) is 0 Å². The Balaban J connectivity index is 1.67. The van der Waals surface area contributed by atoms with E-state index in [0.29, 0.717) is 6.61 Å².